The molecule has 3 rings (SSSR count). The zero-order valence-electron chi connectivity index (χ0n) is 14.1. The van der Waals surface area contributed by atoms with Crippen molar-refractivity contribution in [2.24, 2.45) is 0 Å². The second-order valence-electron chi connectivity index (χ2n) is 5.40. The van der Waals surface area contributed by atoms with E-state index in [4.69, 9.17) is 4.74 Å². The predicted octanol–water partition coefficient (Wildman–Crippen LogP) is 3.30. The minimum Gasteiger partial charge on any atom is -0.496 e. The summed E-state index contributed by atoms with van der Waals surface area (Å²) in [5, 5.41) is 13.4. The van der Waals surface area contributed by atoms with Crippen LogP contribution in [0.15, 0.2) is 60.7 Å². The number of carbonyl (C=O) groups excluding carboxylic acids is 1. The molecule has 26 heavy (non-hydrogen) atoms. The van der Waals surface area contributed by atoms with Gasteiger partial charge in [-0.1, -0.05) is 30.3 Å². The van der Waals surface area contributed by atoms with Crippen LogP contribution in [-0.2, 0) is 6.54 Å². The highest BCUT2D eigenvalue weighted by Crippen LogP contribution is 2.18. The second-order valence-corrected chi connectivity index (χ2v) is 5.40. The predicted molar refractivity (Wildman–Crippen MR) is 95.9 cm³/mol. The molecular formula is C19H17FN4O2. The van der Waals surface area contributed by atoms with Gasteiger partial charge >= 0.3 is 0 Å². The highest BCUT2D eigenvalue weighted by Gasteiger charge is 2.10. The maximum Gasteiger partial charge on any atom is 0.272 e. The molecule has 0 saturated carbocycles. The van der Waals surface area contributed by atoms with E-state index < -0.39 is 5.82 Å². The molecular weight excluding hydrogens is 335 g/mol. The fourth-order valence-corrected chi connectivity index (χ4v) is 2.34. The van der Waals surface area contributed by atoms with Gasteiger partial charge in [-0.25, -0.2) is 4.39 Å². The number of benzene rings is 2. The number of amides is 1. The van der Waals surface area contributed by atoms with Crippen LogP contribution < -0.4 is 15.4 Å². The van der Waals surface area contributed by atoms with E-state index in [1.165, 1.54) is 12.1 Å². The van der Waals surface area contributed by atoms with Gasteiger partial charge in [0.2, 0.25) is 0 Å². The smallest absolute Gasteiger partial charge is 0.272 e. The standard InChI is InChI=1S/C19H17FN4O2/c1-26-17-9-5-2-6-13(17)12-21-19(25)16-10-11-18(24-23-16)22-15-8-4-3-7-14(15)20/h2-11H,12H2,1H3,(H,21,25)(H,22,24). The molecule has 7 heteroatoms. The third-order valence-corrected chi connectivity index (χ3v) is 3.67. The van der Waals surface area contributed by atoms with E-state index >= 15 is 0 Å². The van der Waals surface area contributed by atoms with Gasteiger partial charge < -0.3 is 15.4 Å². The summed E-state index contributed by atoms with van der Waals surface area (Å²) >= 11 is 0. The van der Waals surface area contributed by atoms with Gasteiger partial charge in [-0.2, -0.15) is 0 Å². The molecule has 0 fully saturated rings. The molecule has 1 aromatic heterocycles. The second kappa shape index (κ2) is 8.06. The molecule has 0 spiro atoms. The molecule has 0 radical (unpaired) electrons. The van der Waals surface area contributed by atoms with E-state index in [9.17, 15) is 9.18 Å². The molecule has 0 unspecified atom stereocenters. The van der Waals surface area contributed by atoms with Crippen LogP contribution >= 0.6 is 0 Å². The van der Waals surface area contributed by atoms with Crippen LogP contribution in [0.1, 0.15) is 16.1 Å². The molecule has 0 aliphatic carbocycles. The van der Waals surface area contributed by atoms with Crippen molar-refractivity contribution in [3.8, 4) is 5.75 Å². The number of ether oxygens (including phenoxy) is 1. The summed E-state index contributed by atoms with van der Waals surface area (Å²) in [5.74, 6) is 0.286. The topological polar surface area (TPSA) is 76.1 Å². The molecule has 6 nitrogen and oxygen atoms in total. The average molecular weight is 352 g/mol. The Morgan fingerprint density at radius 3 is 2.54 bits per heavy atom. The Labute approximate surface area is 150 Å². The fraction of sp³-hybridized carbons (Fsp3) is 0.105. The number of halogens is 1. The van der Waals surface area contributed by atoms with E-state index in [0.717, 1.165) is 5.56 Å². The first-order valence-corrected chi connectivity index (χ1v) is 7.93. The number of nitrogens with zero attached hydrogens (tertiary/aromatic N) is 2. The van der Waals surface area contributed by atoms with Gasteiger partial charge in [0.25, 0.3) is 5.91 Å². The number of aromatic nitrogens is 2. The monoisotopic (exact) mass is 352 g/mol. The zero-order valence-corrected chi connectivity index (χ0v) is 14.1. The number of methoxy groups -OCH3 is 1. The average Bonchev–Trinajstić information content (AvgIpc) is 2.68. The number of hydrogen-bond donors (Lipinski definition) is 2. The number of nitrogens with one attached hydrogen (secondary N) is 2. The van der Waals surface area contributed by atoms with Crippen LogP contribution in [-0.4, -0.2) is 23.2 Å². The van der Waals surface area contributed by atoms with Crippen LogP contribution in [0.25, 0.3) is 0 Å². The number of anilines is 2. The van der Waals surface area contributed by atoms with E-state index in [1.54, 1.807) is 31.4 Å². The van der Waals surface area contributed by atoms with Crippen molar-refractivity contribution >= 4 is 17.4 Å². The lowest BCUT2D eigenvalue weighted by Crippen LogP contribution is -2.24. The summed E-state index contributed by atoms with van der Waals surface area (Å²) in [4.78, 5) is 12.2. The van der Waals surface area contributed by atoms with Crippen molar-refractivity contribution in [1.29, 1.82) is 0 Å². The molecule has 0 saturated heterocycles. The van der Waals surface area contributed by atoms with Gasteiger partial charge in [0.05, 0.1) is 12.8 Å². The highest BCUT2D eigenvalue weighted by molar-refractivity contribution is 5.92. The van der Waals surface area contributed by atoms with Crippen LogP contribution in [0.3, 0.4) is 0 Å². The number of hydrogen-bond acceptors (Lipinski definition) is 5. The van der Waals surface area contributed by atoms with Crippen molar-refractivity contribution < 1.29 is 13.9 Å². The lowest BCUT2D eigenvalue weighted by molar-refractivity contribution is 0.0944. The Hall–Kier alpha value is -3.48. The molecule has 132 valence electrons. The van der Waals surface area contributed by atoms with E-state index in [-0.39, 0.29) is 17.3 Å². The number of para-hydroxylation sites is 2. The summed E-state index contributed by atoms with van der Waals surface area (Å²) in [6.45, 7) is 0.305. The third-order valence-electron chi connectivity index (χ3n) is 3.67. The van der Waals surface area contributed by atoms with Gasteiger partial charge in [0.1, 0.15) is 11.6 Å². The summed E-state index contributed by atoms with van der Waals surface area (Å²) in [7, 11) is 1.58. The maximum atomic E-state index is 13.6. The van der Waals surface area contributed by atoms with Gasteiger partial charge in [0.15, 0.2) is 11.5 Å². The maximum absolute atomic E-state index is 13.6. The van der Waals surface area contributed by atoms with Crippen LogP contribution in [0.2, 0.25) is 0 Å². The van der Waals surface area contributed by atoms with Gasteiger partial charge in [-0.15, -0.1) is 10.2 Å². The van der Waals surface area contributed by atoms with Gasteiger partial charge in [-0.3, -0.25) is 4.79 Å². The normalized spacial score (nSPS) is 10.2. The Morgan fingerprint density at radius 1 is 1.04 bits per heavy atom. The summed E-state index contributed by atoms with van der Waals surface area (Å²) in [5.41, 5.74) is 1.31. The first-order valence-electron chi connectivity index (χ1n) is 7.93. The Bertz CT molecular complexity index is 900. The largest absolute Gasteiger partial charge is 0.496 e. The molecule has 0 aliphatic rings. The zero-order chi connectivity index (χ0) is 18.4. The molecule has 1 amide bonds. The third kappa shape index (κ3) is 4.13. The molecule has 0 bridgehead atoms. The van der Waals surface area contributed by atoms with Crippen molar-refractivity contribution in [3.63, 3.8) is 0 Å². The van der Waals surface area contributed by atoms with E-state index in [0.29, 0.717) is 18.1 Å². The van der Waals surface area contributed by atoms with Crippen molar-refractivity contribution in [1.82, 2.24) is 15.5 Å². The van der Waals surface area contributed by atoms with Gasteiger partial charge in [-0.05, 0) is 30.3 Å². The highest BCUT2D eigenvalue weighted by atomic mass is 19.1. The Balaban J connectivity index is 1.63. The lowest BCUT2D eigenvalue weighted by atomic mass is 10.2. The molecule has 0 aliphatic heterocycles. The fourth-order valence-electron chi connectivity index (χ4n) is 2.34. The van der Waals surface area contributed by atoms with Gasteiger partial charge in [0, 0.05) is 12.1 Å². The number of rotatable bonds is 6. The molecule has 1 heterocycles. The molecule has 3 aromatic rings. The number of carbonyl (C=O) groups is 1. The minimum atomic E-state index is -0.395. The van der Waals surface area contributed by atoms with Crippen molar-refractivity contribution in [3.05, 3.63) is 77.7 Å². The minimum absolute atomic E-state index is 0.166. The molecule has 2 N–H and O–H groups in total. The Kier molecular flexibility index (Phi) is 5.38. The summed E-state index contributed by atoms with van der Waals surface area (Å²) in [6, 6.07) is 16.7. The molecule has 0 atom stereocenters. The van der Waals surface area contributed by atoms with Crippen LogP contribution in [0.4, 0.5) is 15.9 Å². The van der Waals surface area contributed by atoms with Crippen molar-refractivity contribution in [2.75, 3.05) is 12.4 Å². The van der Waals surface area contributed by atoms with E-state index in [2.05, 4.69) is 20.8 Å². The first kappa shape index (κ1) is 17.3. The van der Waals surface area contributed by atoms with Crippen LogP contribution in [0.5, 0.6) is 5.75 Å². The lowest BCUT2D eigenvalue weighted by Gasteiger charge is -2.09. The first-order chi connectivity index (χ1) is 12.7. The SMILES string of the molecule is COc1ccccc1CNC(=O)c1ccc(Nc2ccccc2F)nn1. The van der Waals surface area contributed by atoms with Crippen molar-refractivity contribution in [2.45, 2.75) is 6.54 Å². The quantitative estimate of drug-likeness (QED) is 0.712. The molecule has 2 aromatic carbocycles. The van der Waals surface area contributed by atoms with E-state index in [1.807, 2.05) is 24.3 Å². The Morgan fingerprint density at radius 2 is 1.81 bits per heavy atom. The summed E-state index contributed by atoms with van der Waals surface area (Å²) < 4.78 is 18.9. The van der Waals surface area contributed by atoms with Crippen LogP contribution in [0, 0.1) is 5.82 Å². The summed E-state index contributed by atoms with van der Waals surface area (Å²) in [6.07, 6.45) is 0.